The number of Topliss-reactive ketones (excluding diaryl/α,β-unsaturated/α-hetero) is 1. The number of aryl methyl sites for hydroxylation is 1. The Balaban J connectivity index is 2.05. The van der Waals surface area contributed by atoms with Crippen LogP contribution in [0.25, 0.3) is 0 Å². The van der Waals surface area contributed by atoms with E-state index in [1.165, 1.54) is 4.90 Å². The number of carbonyl (C=O) groups is 2. The summed E-state index contributed by atoms with van der Waals surface area (Å²) in [5, 5.41) is 9.17. The van der Waals surface area contributed by atoms with Gasteiger partial charge in [-0.2, -0.15) is 0 Å². The predicted octanol–water partition coefficient (Wildman–Crippen LogP) is 2.24. The number of nitrogens with zero attached hydrogens (tertiary/aromatic N) is 1. The Bertz CT molecular complexity index is 650. The van der Waals surface area contributed by atoms with Gasteiger partial charge in [0.1, 0.15) is 0 Å². The van der Waals surface area contributed by atoms with Crippen molar-refractivity contribution >= 4 is 11.7 Å². The van der Waals surface area contributed by atoms with Crippen LogP contribution in [0.3, 0.4) is 0 Å². The molecule has 4 heteroatoms. The van der Waals surface area contributed by atoms with E-state index in [1.807, 2.05) is 37.3 Å². The van der Waals surface area contributed by atoms with E-state index in [1.54, 1.807) is 24.3 Å². The summed E-state index contributed by atoms with van der Waals surface area (Å²) in [6.07, 6.45) is 0.647. The molecule has 0 aliphatic rings. The van der Waals surface area contributed by atoms with Gasteiger partial charge in [-0.1, -0.05) is 60.2 Å². The number of hydrogen-bond acceptors (Lipinski definition) is 3. The zero-order valence-corrected chi connectivity index (χ0v) is 13.2. The van der Waals surface area contributed by atoms with Gasteiger partial charge in [0, 0.05) is 18.7 Å². The third-order valence-corrected chi connectivity index (χ3v) is 3.68. The fourth-order valence-electron chi connectivity index (χ4n) is 2.32. The fourth-order valence-corrected chi connectivity index (χ4v) is 2.32. The van der Waals surface area contributed by atoms with Gasteiger partial charge >= 0.3 is 0 Å². The lowest BCUT2D eigenvalue weighted by atomic mass is 10.1. The highest BCUT2D eigenvalue weighted by Gasteiger charge is 2.22. The minimum Gasteiger partial charge on any atom is -0.395 e. The molecule has 2 rings (SSSR count). The molecule has 23 heavy (non-hydrogen) atoms. The van der Waals surface area contributed by atoms with E-state index in [4.69, 9.17) is 5.11 Å². The summed E-state index contributed by atoms with van der Waals surface area (Å²) < 4.78 is 0. The second kappa shape index (κ2) is 8.25. The lowest BCUT2D eigenvalue weighted by Gasteiger charge is -2.21. The molecule has 120 valence electrons. The minimum atomic E-state index is -0.571. The second-order valence-corrected chi connectivity index (χ2v) is 5.45. The van der Waals surface area contributed by atoms with Crippen molar-refractivity contribution in [1.82, 2.24) is 4.90 Å². The molecular formula is C19H21NO3. The van der Waals surface area contributed by atoms with Crippen LogP contribution in [0.15, 0.2) is 54.6 Å². The molecule has 1 N–H and O–H groups in total. The van der Waals surface area contributed by atoms with E-state index >= 15 is 0 Å². The van der Waals surface area contributed by atoms with Crippen LogP contribution in [0.5, 0.6) is 0 Å². The Morgan fingerprint density at radius 3 is 2.22 bits per heavy atom. The summed E-state index contributed by atoms with van der Waals surface area (Å²) in [6, 6.07) is 16.7. The molecule has 0 radical (unpaired) electrons. The van der Waals surface area contributed by atoms with Gasteiger partial charge < -0.3 is 10.0 Å². The van der Waals surface area contributed by atoms with Crippen molar-refractivity contribution < 1.29 is 14.7 Å². The number of aliphatic hydroxyl groups is 1. The standard InChI is InChI=1S/C19H21NO3/c1-15-7-9-17(10-8-15)18(22)19(23)20(13-14-21)12-11-16-5-3-2-4-6-16/h2-10,21H,11-14H2,1H3. The molecule has 0 bridgehead atoms. The van der Waals surface area contributed by atoms with Gasteiger partial charge in [-0.05, 0) is 18.9 Å². The van der Waals surface area contributed by atoms with Crippen LogP contribution in [0.2, 0.25) is 0 Å². The fraction of sp³-hybridized carbons (Fsp3) is 0.263. The maximum Gasteiger partial charge on any atom is 0.295 e. The van der Waals surface area contributed by atoms with Gasteiger partial charge in [0.2, 0.25) is 5.78 Å². The first-order valence-electron chi connectivity index (χ1n) is 7.67. The molecular weight excluding hydrogens is 290 g/mol. The maximum atomic E-state index is 12.4. The van der Waals surface area contributed by atoms with Crippen molar-refractivity contribution in [1.29, 1.82) is 0 Å². The second-order valence-electron chi connectivity index (χ2n) is 5.45. The van der Waals surface area contributed by atoms with Crippen LogP contribution >= 0.6 is 0 Å². The first kappa shape index (κ1) is 16.9. The molecule has 0 unspecified atom stereocenters. The molecule has 0 spiro atoms. The zero-order valence-electron chi connectivity index (χ0n) is 13.2. The molecule has 0 atom stereocenters. The highest BCUT2D eigenvalue weighted by atomic mass is 16.3. The van der Waals surface area contributed by atoms with Crippen molar-refractivity contribution in [3.8, 4) is 0 Å². The van der Waals surface area contributed by atoms with Gasteiger partial charge in [-0.3, -0.25) is 9.59 Å². The van der Waals surface area contributed by atoms with Crippen LogP contribution in [0.4, 0.5) is 0 Å². The van der Waals surface area contributed by atoms with Crippen LogP contribution in [-0.4, -0.2) is 41.4 Å². The Morgan fingerprint density at radius 2 is 1.61 bits per heavy atom. The molecule has 4 nitrogen and oxygen atoms in total. The summed E-state index contributed by atoms with van der Waals surface area (Å²) in [4.78, 5) is 26.1. The normalized spacial score (nSPS) is 10.3. The van der Waals surface area contributed by atoms with Gasteiger partial charge in [-0.25, -0.2) is 0 Å². The highest BCUT2D eigenvalue weighted by Crippen LogP contribution is 2.08. The van der Waals surface area contributed by atoms with Gasteiger partial charge in [-0.15, -0.1) is 0 Å². The Kier molecular flexibility index (Phi) is 6.06. The number of amides is 1. The van der Waals surface area contributed by atoms with Crippen molar-refractivity contribution in [2.45, 2.75) is 13.3 Å². The topological polar surface area (TPSA) is 57.6 Å². The van der Waals surface area contributed by atoms with Crippen LogP contribution in [0, 0.1) is 6.92 Å². The average molecular weight is 311 g/mol. The quantitative estimate of drug-likeness (QED) is 0.630. The number of ketones is 1. The van der Waals surface area contributed by atoms with Crippen molar-refractivity contribution in [2.24, 2.45) is 0 Å². The zero-order chi connectivity index (χ0) is 16.7. The summed E-state index contributed by atoms with van der Waals surface area (Å²) in [5.41, 5.74) is 2.50. The summed E-state index contributed by atoms with van der Waals surface area (Å²) in [5.74, 6) is -1.11. The predicted molar refractivity (Wildman–Crippen MR) is 89.3 cm³/mol. The van der Waals surface area contributed by atoms with E-state index in [0.717, 1.165) is 11.1 Å². The summed E-state index contributed by atoms with van der Waals surface area (Å²) >= 11 is 0. The summed E-state index contributed by atoms with van der Waals surface area (Å²) in [6.45, 7) is 2.32. The molecule has 0 saturated heterocycles. The maximum absolute atomic E-state index is 12.4. The molecule has 0 aliphatic carbocycles. The lowest BCUT2D eigenvalue weighted by Crippen LogP contribution is -2.39. The van der Waals surface area contributed by atoms with Crippen LogP contribution in [0.1, 0.15) is 21.5 Å². The first-order valence-corrected chi connectivity index (χ1v) is 7.67. The van der Waals surface area contributed by atoms with E-state index in [9.17, 15) is 9.59 Å². The number of aliphatic hydroxyl groups excluding tert-OH is 1. The minimum absolute atomic E-state index is 0.156. The van der Waals surface area contributed by atoms with E-state index in [0.29, 0.717) is 18.5 Å². The van der Waals surface area contributed by atoms with Gasteiger partial charge in [0.25, 0.3) is 5.91 Å². The molecule has 0 heterocycles. The van der Waals surface area contributed by atoms with Gasteiger partial charge in [0.15, 0.2) is 0 Å². The molecule has 2 aromatic rings. The number of rotatable bonds is 7. The largest absolute Gasteiger partial charge is 0.395 e. The Hall–Kier alpha value is -2.46. The smallest absolute Gasteiger partial charge is 0.295 e. The molecule has 0 aliphatic heterocycles. The molecule has 2 aromatic carbocycles. The van der Waals surface area contributed by atoms with Crippen molar-refractivity contribution in [3.05, 3.63) is 71.3 Å². The molecule has 1 amide bonds. The van der Waals surface area contributed by atoms with Crippen LogP contribution in [-0.2, 0) is 11.2 Å². The molecule has 0 saturated carbocycles. The highest BCUT2D eigenvalue weighted by molar-refractivity contribution is 6.42. The molecule has 0 aromatic heterocycles. The Labute approximate surface area is 136 Å². The SMILES string of the molecule is Cc1ccc(C(=O)C(=O)N(CCO)CCc2ccccc2)cc1. The third-order valence-electron chi connectivity index (χ3n) is 3.68. The van der Waals surface area contributed by atoms with E-state index in [2.05, 4.69) is 0 Å². The number of benzene rings is 2. The molecule has 0 fully saturated rings. The van der Waals surface area contributed by atoms with Crippen LogP contribution < -0.4 is 0 Å². The van der Waals surface area contributed by atoms with E-state index < -0.39 is 11.7 Å². The number of hydrogen-bond donors (Lipinski definition) is 1. The van der Waals surface area contributed by atoms with E-state index in [-0.39, 0.29) is 13.2 Å². The Morgan fingerprint density at radius 1 is 0.957 bits per heavy atom. The number of carbonyl (C=O) groups excluding carboxylic acids is 2. The van der Waals surface area contributed by atoms with Crippen molar-refractivity contribution in [2.75, 3.05) is 19.7 Å². The summed E-state index contributed by atoms with van der Waals surface area (Å²) in [7, 11) is 0. The first-order chi connectivity index (χ1) is 11.1. The average Bonchev–Trinajstić information content (AvgIpc) is 2.59. The van der Waals surface area contributed by atoms with Crippen molar-refractivity contribution in [3.63, 3.8) is 0 Å². The van der Waals surface area contributed by atoms with Gasteiger partial charge in [0.05, 0.1) is 6.61 Å². The lowest BCUT2D eigenvalue weighted by molar-refractivity contribution is -0.126. The monoisotopic (exact) mass is 311 g/mol. The third kappa shape index (κ3) is 4.76.